The van der Waals surface area contributed by atoms with E-state index in [-0.39, 0.29) is 24.5 Å². The summed E-state index contributed by atoms with van der Waals surface area (Å²) in [5, 5.41) is 0. The van der Waals surface area contributed by atoms with Crippen LogP contribution in [0, 0.1) is 0 Å². The van der Waals surface area contributed by atoms with E-state index < -0.39 is 10.0 Å². The maximum absolute atomic E-state index is 12.3. The van der Waals surface area contributed by atoms with Crippen LogP contribution in [0.5, 0.6) is 5.75 Å². The third kappa shape index (κ3) is 5.13. The van der Waals surface area contributed by atoms with E-state index in [4.69, 9.17) is 4.74 Å². The van der Waals surface area contributed by atoms with Crippen molar-refractivity contribution in [2.45, 2.75) is 32.7 Å². The number of likely N-dealkylation sites (N-methyl/N-ethyl adjacent to an activating group) is 1. The van der Waals surface area contributed by atoms with E-state index in [1.165, 1.54) is 16.3 Å². The molecule has 0 radical (unpaired) electrons. The summed E-state index contributed by atoms with van der Waals surface area (Å²) in [5.74, 6) is 0.362. The maximum Gasteiger partial charge on any atom is 0.259 e. The van der Waals surface area contributed by atoms with Gasteiger partial charge < -0.3 is 14.5 Å². The van der Waals surface area contributed by atoms with Gasteiger partial charge in [0, 0.05) is 45.2 Å². The normalized spacial score (nSPS) is 15.6. The van der Waals surface area contributed by atoms with Gasteiger partial charge in [0.15, 0.2) is 6.61 Å². The quantitative estimate of drug-likeness (QED) is 0.644. The number of nitrogens with zero attached hydrogens (tertiary/aromatic N) is 3. The van der Waals surface area contributed by atoms with Crippen molar-refractivity contribution in [3.05, 3.63) is 42.0 Å². The minimum absolute atomic E-state index is 0.0420. The van der Waals surface area contributed by atoms with Crippen molar-refractivity contribution in [1.82, 2.24) is 4.90 Å². The largest absolute Gasteiger partial charge is 0.483 e. The topological polar surface area (TPSA) is 87.2 Å². The molecule has 0 aromatic heterocycles. The fraction of sp³-hybridized carbons (Fsp3) is 0.417. The summed E-state index contributed by atoms with van der Waals surface area (Å²) in [5.41, 5.74) is 3.84. The van der Waals surface area contributed by atoms with Gasteiger partial charge in [-0.05, 0) is 49.6 Å². The highest BCUT2D eigenvalue weighted by atomic mass is 32.2. The molecule has 0 bridgehead atoms. The van der Waals surface area contributed by atoms with Crippen molar-refractivity contribution in [1.29, 1.82) is 0 Å². The number of sulfonamides is 1. The van der Waals surface area contributed by atoms with Gasteiger partial charge in [-0.15, -0.1) is 0 Å². The Kier molecular flexibility index (Phi) is 7.02. The minimum Gasteiger partial charge on any atom is -0.483 e. The molecule has 33 heavy (non-hydrogen) atoms. The van der Waals surface area contributed by atoms with Gasteiger partial charge >= 0.3 is 0 Å². The number of fused-ring (bicyclic) bond motifs is 1. The van der Waals surface area contributed by atoms with Crippen LogP contribution in [0.4, 0.5) is 11.4 Å². The Hall–Kier alpha value is -3.07. The average molecular weight is 474 g/mol. The second-order valence-corrected chi connectivity index (χ2v) is 10.6. The highest BCUT2D eigenvalue weighted by molar-refractivity contribution is 7.92. The first-order valence-electron chi connectivity index (χ1n) is 10.7. The predicted molar refractivity (Wildman–Crippen MR) is 130 cm³/mol. The summed E-state index contributed by atoms with van der Waals surface area (Å²) in [6.45, 7) is 3.44. The van der Waals surface area contributed by atoms with Gasteiger partial charge in [0.1, 0.15) is 5.75 Å². The van der Waals surface area contributed by atoms with Gasteiger partial charge in [-0.1, -0.05) is 12.1 Å². The number of hydrogen-bond acceptors (Lipinski definition) is 5. The van der Waals surface area contributed by atoms with Crippen LogP contribution >= 0.6 is 0 Å². The molecular formula is C24H31N3O5S. The van der Waals surface area contributed by atoms with E-state index >= 15 is 0 Å². The fourth-order valence-corrected chi connectivity index (χ4v) is 4.49. The van der Waals surface area contributed by atoms with E-state index in [1.807, 2.05) is 31.2 Å². The van der Waals surface area contributed by atoms with Crippen LogP contribution in [0.25, 0.3) is 11.1 Å². The Bertz CT molecular complexity index is 1160. The monoisotopic (exact) mass is 473 g/mol. The van der Waals surface area contributed by atoms with E-state index in [0.717, 1.165) is 35.1 Å². The molecule has 3 rings (SSSR count). The Morgan fingerprint density at radius 3 is 2.27 bits per heavy atom. The number of anilines is 2. The molecule has 0 N–H and O–H groups in total. The van der Waals surface area contributed by atoms with E-state index in [9.17, 15) is 18.0 Å². The lowest BCUT2D eigenvalue weighted by molar-refractivity contribution is -0.130. The van der Waals surface area contributed by atoms with Crippen LogP contribution < -0.4 is 13.9 Å². The fourth-order valence-electron chi connectivity index (χ4n) is 3.98. The molecule has 1 unspecified atom stereocenters. The van der Waals surface area contributed by atoms with Gasteiger partial charge in [-0.2, -0.15) is 0 Å². The Balaban J connectivity index is 2.09. The van der Waals surface area contributed by atoms with Crippen molar-refractivity contribution in [3.63, 3.8) is 0 Å². The summed E-state index contributed by atoms with van der Waals surface area (Å²) in [7, 11) is 1.47. The predicted octanol–water partition coefficient (Wildman–Crippen LogP) is 2.90. The van der Waals surface area contributed by atoms with Gasteiger partial charge in [-0.3, -0.25) is 13.9 Å². The second-order valence-electron chi connectivity index (χ2n) is 8.57. The molecule has 2 amide bonds. The highest BCUT2D eigenvalue weighted by Gasteiger charge is 2.30. The molecule has 0 spiro atoms. The first-order chi connectivity index (χ1) is 15.4. The number of carbonyl (C=O) groups excluding carboxylic acids is 2. The van der Waals surface area contributed by atoms with Crippen LogP contribution in [-0.2, 0) is 26.0 Å². The minimum atomic E-state index is -3.37. The molecular weight excluding hydrogens is 442 g/mol. The zero-order chi connectivity index (χ0) is 24.5. The molecule has 2 aromatic rings. The van der Waals surface area contributed by atoms with E-state index in [1.54, 1.807) is 38.1 Å². The Morgan fingerprint density at radius 1 is 1.09 bits per heavy atom. The number of rotatable bonds is 6. The number of hydrogen-bond donors (Lipinski definition) is 0. The number of benzene rings is 2. The molecule has 2 aromatic carbocycles. The summed E-state index contributed by atoms with van der Waals surface area (Å²) in [4.78, 5) is 27.8. The zero-order valence-corrected chi connectivity index (χ0v) is 20.8. The van der Waals surface area contributed by atoms with Crippen molar-refractivity contribution < 1.29 is 22.7 Å². The molecule has 1 aliphatic rings. The standard InChI is InChI=1S/C24H31N3O5S/c1-16-7-12-21-22(27(16)17(2)28)14-13-20(24(21)32-15-23(29)25(3)4)18-8-10-19(11-9-18)26(5)33(6,30)31/h8-11,13-14,16H,7,12,15H2,1-6H3. The highest BCUT2D eigenvalue weighted by Crippen LogP contribution is 2.43. The molecule has 1 atom stereocenters. The summed E-state index contributed by atoms with van der Waals surface area (Å²) in [6, 6.07) is 11.0. The Labute approximate surface area is 195 Å². The number of carbonyl (C=O) groups is 2. The average Bonchev–Trinajstić information content (AvgIpc) is 2.75. The first-order valence-corrected chi connectivity index (χ1v) is 12.6. The molecule has 1 aliphatic heterocycles. The lowest BCUT2D eigenvalue weighted by Gasteiger charge is -2.36. The lowest BCUT2D eigenvalue weighted by atomic mass is 9.91. The molecule has 8 nitrogen and oxygen atoms in total. The van der Waals surface area contributed by atoms with Crippen molar-refractivity contribution in [3.8, 4) is 16.9 Å². The van der Waals surface area contributed by atoms with Crippen molar-refractivity contribution in [2.75, 3.05) is 43.2 Å². The molecule has 0 aliphatic carbocycles. The first kappa shape index (κ1) is 24.6. The van der Waals surface area contributed by atoms with Crippen LogP contribution in [0.1, 0.15) is 25.8 Å². The third-order valence-corrected chi connectivity index (χ3v) is 7.17. The Morgan fingerprint density at radius 2 is 1.73 bits per heavy atom. The molecule has 0 fully saturated rings. The summed E-state index contributed by atoms with van der Waals surface area (Å²) in [6.07, 6.45) is 2.65. The zero-order valence-electron chi connectivity index (χ0n) is 20.0. The van der Waals surface area contributed by atoms with Crippen molar-refractivity contribution in [2.24, 2.45) is 0 Å². The van der Waals surface area contributed by atoms with Crippen molar-refractivity contribution >= 4 is 33.2 Å². The van der Waals surface area contributed by atoms with Crippen LogP contribution in [0.15, 0.2) is 36.4 Å². The molecule has 1 heterocycles. The van der Waals surface area contributed by atoms with E-state index in [2.05, 4.69) is 0 Å². The third-order valence-electron chi connectivity index (χ3n) is 5.97. The van der Waals surface area contributed by atoms with Crippen LogP contribution in [-0.4, -0.2) is 65.2 Å². The van der Waals surface area contributed by atoms with E-state index in [0.29, 0.717) is 17.9 Å². The number of ether oxygens (including phenoxy) is 1. The van der Waals surface area contributed by atoms with Crippen LogP contribution in [0.2, 0.25) is 0 Å². The number of amides is 2. The summed E-state index contributed by atoms with van der Waals surface area (Å²) >= 11 is 0. The molecule has 9 heteroatoms. The van der Waals surface area contributed by atoms with Gasteiger partial charge in [0.2, 0.25) is 15.9 Å². The van der Waals surface area contributed by atoms with Crippen LogP contribution in [0.3, 0.4) is 0 Å². The molecule has 0 saturated carbocycles. The smallest absolute Gasteiger partial charge is 0.259 e. The molecule has 0 saturated heterocycles. The second kappa shape index (κ2) is 9.43. The lowest BCUT2D eigenvalue weighted by Crippen LogP contribution is -2.41. The van der Waals surface area contributed by atoms with Gasteiger partial charge in [-0.25, -0.2) is 8.42 Å². The SMILES string of the molecule is CC(=O)N1c2ccc(-c3ccc(N(C)S(C)(=O)=O)cc3)c(OCC(=O)N(C)C)c2CCC1C. The maximum atomic E-state index is 12.3. The summed E-state index contributed by atoms with van der Waals surface area (Å²) < 4.78 is 31.0. The van der Waals surface area contributed by atoms with Gasteiger partial charge in [0.05, 0.1) is 17.6 Å². The van der Waals surface area contributed by atoms with Gasteiger partial charge in [0.25, 0.3) is 5.91 Å². The molecule has 178 valence electrons.